The van der Waals surface area contributed by atoms with Crippen molar-refractivity contribution in [2.24, 2.45) is 0 Å². The number of rotatable bonds is 1. The van der Waals surface area contributed by atoms with Crippen LogP contribution < -0.4 is 5.56 Å². The summed E-state index contributed by atoms with van der Waals surface area (Å²) in [6.07, 6.45) is 1.59. The Morgan fingerprint density at radius 1 is 1.43 bits per heavy atom. The van der Waals surface area contributed by atoms with Gasteiger partial charge >= 0.3 is 0 Å². The van der Waals surface area contributed by atoms with E-state index in [9.17, 15) is 4.79 Å². The van der Waals surface area contributed by atoms with Gasteiger partial charge in [-0.3, -0.25) is 4.79 Å². The van der Waals surface area contributed by atoms with Crippen LogP contribution in [0.15, 0.2) is 35.3 Å². The van der Waals surface area contributed by atoms with E-state index in [2.05, 4.69) is 5.10 Å². The van der Waals surface area contributed by atoms with Gasteiger partial charge in [0.2, 0.25) is 0 Å². The van der Waals surface area contributed by atoms with Crippen molar-refractivity contribution in [3.8, 4) is 6.07 Å². The fourth-order valence-electron chi connectivity index (χ4n) is 1.31. The molecule has 0 aliphatic carbocycles. The maximum atomic E-state index is 11.7. The standard InChI is InChI=1S/C10H7N3O/c11-5-6-13-10(14)9-4-2-1-3-8(9)7-12-13/h1-4,7H,6H2. The van der Waals surface area contributed by atoms with Crippen LogP contribution in [0.3, 0.4) is 0 Å². The van der Waals surface area contributed by atoms with Crippen molar-refractivity contribution in [3.63, 3.8) is 0 Å². The highest BCUT2D eigenvalue weighted by molar-refractivity contribution is 5.80. The van der Waals surface area contributed by atoms with Crippen molar-refractivity contribution in [1.29, 1.82) is 5.26 Å². The van der Waals surface area contributed by atoms with Gasteiger partial charge in [0.1, 0.15) is 6.54 Å². The number of nitriles is 1. The summed E-state index contributed by atoms with van der Waals surface area (Å²) in [7, 11) is 0. The molecule has 0 amide bonds. The Balaban J connectivity index is 2.77. The van der Waals surface area contributed by atoms with Gasteiger partial charge in [-0.05, 0) is 6.07 Å². The van der Waals surface area contributed by atoms with Crippen LogP contribution in [0, 0.1) is 11.3 Å². The minimum Gasteiger partial charge on any atom is -0.267 e. The first-order chi connectivity index (χ1) is 6.83. The van der Waals surface area contributed by atoms with E-state index in [1.807, 2.05) is 18.2 Å². The molecule has 0 saturated carbocycles. The maximum Gasteiger partial charge on any atom is 0.275 e. The van der Waals surface area contributed by atoms with Crippen LogP contribution in [-0.2, 0) is 6.54 Å². The molecular weight excluding hydrogens is 178 g/mol. The Labute approximate surface area is 80.0 Å². The normalized spacial score (nSPS) is 9.93. The molecule has 0 aliphatic heterocycles. The van der Waals surface area contributed by atoms with Crippen molar-refractivity contribution < 1.29 is 0 Å². The van der Waals surface area contributed by atoms with E-state index in [1.54, 1.807) is 18.3 Å². The highest BCUT2D eigenvalue weighted by Crippen LogP contribution is 2.05. The lowest BCUT2D eigenvalue weighted by Crippen LogP contribution is -2.21. The van der Waals surface area contributed by atoms with Crippen molar-refractivity contribution in [3.05, 3.63) is 40.8 Å². The van der Waals surface area contributed by atoms with Gasteiger partial charge in [-0.1, -0.05) is 18.2 Å². The minimum atomic E-state index is -0.218. The summed E-state index contributed by atoms with van der Waals surface area (Å²) in [5, 5.41) is 13.7. The zero-order valence-electron chi connectivity index (χ0n) is 7.34. The van der Waals surface area contributed by atoms with Crippen LogP contribution >= 0.6 is 0 Å². The summed E-state index contributed by atoms with van der Waals surface area (Å²) >= 11 is 0. The van der Waals surface area contributed by atoms with Gasteiger partial charge in [0.05, 0.1) is 17.7 Å². The summed E-state index contributed by atoms with van der Waals surface area (Å²) in [6.45, 7) is -0.0103. The first-order valence-corrected chi connectivity index (χ1v) is 4.15. The molecule has 1 heterocycles. The van der Waals surface area contributed by atoms with E-state index < -0.39 is 0 Å². The molecule has 0 fully saturated rings. The second-order valence-electron chi connectivity index (χ2n) is 2.85. The molecule has 0 spiro atoms. The highest BCUT2D eigenvalue weighted by atomic mass is 16.1. The zero-order valence-corrected chi connectivity index (χ0v) is 7.34. The number of aromatic nitrogens is 2. The molecule has 1 aromatic heterocycles. The van der Waals surface area contributed by atoms with Gasteiger partial charge in [0.25, 0.3) is 5.56 Å². The number of fused-ring (bicyclic) bond motifs is 1. The molecule has 2 aromatic rings. The lowest BCUT2D eigenvalue weighted by Gasteiger charge is -2.00. The predicted octanol–water partition coefficient (Wildman–Crippen LogP) is 0.920. The van der Waals surface area contributed by atoms with E-state index in [1.165, 1.54) is 0 Å². The number of hydrogen-bond donors (Lipinski definition) is 0. The molecule has 1 aromatic carbocycles. The van der Waals surface area contributed by atoms with Crippen LogP contribution in [0.2, 0.25) is 0 Å². The Bertz CT molecular complexity index is 565. The van der Waals surface area contributed by atoms with Gasteiger partial charge in [-0.2, -0.15) is 10.4 Å². The predicted molar refractivity (Wildman–Crippen MR) is 51.6 cm³/mol. The van der Waals surface area contributed by atoms with E-state index in [0.717, 1.165) is 10.1 Å². The molecule has 0 N–H and O–H groups in total. The SMILES string of the molecule is N#CCn1ncc2ccccc2c1=O. The van der Waals surface area contributed by atoms with Crippen LogP contribution in [0.25, 0.3) is 10.8 Å². The van der Waals surface area contributed by atoms with Crippen LogP contribution in [0.1, 0.15) is 0 Å². The third-order valence-corrected chi connectivity index (χ3v) is 1.98. The summed E-state index contributed by atoms with van der Waals surface area (Å²) in [4.78, 5) is 11.7. The summed E-state index contributed by atoms with van der Waals surface area (Å²) < 4.78 is 1.16. The van der Waals surface area contributed by atoms with Crippen molar-refractivity contribution in [2.75, 3.05) is 0 Å². The Morgan fingerprint density at radius 2 is 2.21 bits per heavy atom. The maximum absolute atomic E-state index is 11.7. The largest absolute Gasteiger partial charge is 0.275 e. The average molecular weight is 185 g/mol. The Kier molecular flexibility index (Phi) is 1.99. The van der Waals surface area contributed by atoms with Crippen LogP contribution in [0.4, 0.5) is 0 Å². The second kappa shape index (κ2) is 3.30. The van der Waals surface area contributed by atoms with Crippen LogP contribution in [0.5, 0.6) is 0 Å². The molecule has 4 heteroatoms. The fourth-order valence-corrected chi connectivity index (χ4v) is 1.31. The molecule has 68 valence electrons. The van der Waals surface area contributed by atoms with Crippen LogP contribution in [-0.4, -0.2) is 9.78 Å². The molecule has 14 heavy (non-hydrogen) atoms. The van der Waals surface area contributed by atoms with Crippen molar-refractivity contribution in [1.82, 2.24) is 9.78 Å². The number of nitrogens with zero attached hydrogens (tertiary/aromatic N) is 3. The molecular formula is C10H7N3O. The molecule has 0 atom stereocenters. The quantitative estimate of drug-likeness (QED) is 0.663. The van der Waals surface area contributed by atoms with Crippen molar-refractivity contribution >= 4 is 10.8 Å². The lowest BCUT2D eigenvalue weighted by molar-refractivity contribution is 0.667. The lowest BCUT2D eigenvalue weighted by atomic mass is 10.2. The second-order valence-corrected chi connectivity index (χ2v) is 2.85. The molecule has 0 bridgehead atoms. The summed E-state index contributed by atoms with van der Waals surface area (Å²) in [5.41, 5.74) is -0.218. The third-order valence-electron chi connectivity index (χ3n) is 1.98. The topological polar surface area (TPSA) is 58.7 Å². The van der Waals surface area contributed by atoms with E-state index in [4.69, 9.17) is 5.26 Å². The Hall–Kier alpha value is -2.15. The smallest absolute Gasteiger partial charge is 0.267 e. The summed E-state index contributed by atoms with van der Waals surface area (Å²) in [5.74, 6) is 0. The van der Waals surface area contributed by atoms with Gasteiger partial charge in [-0.15, -0.1) is 0 Å². The molecule has 0 aliphatic rings. The number of hydrogen-bond acceptors (Lipinski definition) is 3. The number of benzene rings is 1. The van der Waals surface area contributed by atoms with E-state index in [0.29, 0.717) is 5.39 Å². The average Bonchev–Trinajstić information content (AvgIpc) is 2.23. The fraction of sp³-hybridized carbons (Fsp3) is 0.100. The van der Waals surface area contributed by atoms with E-state index in [-0.39, 0.29) is 12.1 Å². The molecule has 2 rings (SSSR count). The first kappa shape index (κ1) is 8.45. The Morgan fingerprint density at radius 3 is 3.00 bits per heavy atom. The van der Waals surface area contributed by atoms with Gasteiger partial charge < -0.3 is 0 Å². The monoisotopic (exact) mass is 185 g/mol. The van der Waals surface area contributed by atoms with Gasteiger partial charge in [0, 0.05) is 5.39 Å². The minimum absolute atomic E-state index is 0.0103. The van der Waals surface area contributed by atoms with Crippen molar-refractivity contribution in [2.45, 2.75) is 6.54 Å². The molecule has 0 radical (unpaired) electrons. The van der Waals surface area contributed by atoms with Gasteiger partial charge in [0.15, 0.2) is 0 Å². The zero-order chi connectivity index (χ0) is 9.97. The first-order valence-electron chi connectivity index (χ1n) is 4.15. The molecule has 0 saturated heterocycles. The highest BCUT2D eigenvalue weighted by Gasteiger charge is 2.01. The van der Waals surface area contributed by atoms with Gasteiger partial charge in [-0.25, -0.2) is 4.68 Å². The third kappa shape index (κ3) is 1.25. The molecule has 4 nitrogen and oxygen atoms in total. The van der Waals surface area contributed by atoms with E-state index >= 15 is 0 Å². The molecule has 0 unspecified atom stereocenters. The summed E-state index contributed by atoms with van der Waals surface area (Å²) in [6, 6.07) is 9.08.